The predicted molar refractivity (Wildman–Crippen MR) is 72.1 cm³/mol. The van der Waals surface area contributed by atoms with Crippen LogP contribution in [-0.2, 0) is 4.57 Å². The molecule has 17 heavy (non-hydrogen) atoms. The fourth-order valence-electron chi connectivity index (χ4n) is 1.69. The highest BCUT2D eigenvalue weighted by Crippen LogP contribution is 2.43. The molecule has 0 aliphatic carbocycles. The Morgan fingerprint density at radius 1 is 0.882 bits per heavy atom. The van der Waals surface area contributed by atoms with Crippen LogP contribution in [0.4, 0.5) is 0 Å². The fraction of sp³-hybridized carbons (Fsp3) is 0. The summed E-state index contributed by atoms with van der Waals surface area (Å²) in [5.74, 6) is 3.53. The second-order valence-electron chi connectivity index (χ2n) is 3.60. The van der Waals surface area contributed by atoms with Gasteiger partial charge in [0.05, 0.1) is 0 Å². The van der Waals surface area contributed by atoms with Gasteiger partial charge in [-0.15, -0.1) is 0 Å². The molecule has 0 atom stereocenters. The van der Waals surface area contributed by atoms with E-state index in [0.29, 0.717) is 0 Å². The summed E-state index contributed by atoms with van der Waals surface area (Å²) in [7, 11) is -2.85. The van der Waals surface area contributed by atoms with Crippen LogP contribution in [0.15, 0.2) is 66.5 Å². The van der Waals surface area contributed by atoms with Gasteiger partial charge in [-0.3, -0.25) is 5.41 Å². The summed E-state index contributed by atoms with van der Waals surface area (Å²) < 4.78 is 13.0. The van der Waals surface area contributed by atoms with E-state index in [1.807, 2.05) is 60.7 Å². The summed E-state index contributed by atoms with van der Waals surface area (Å²) in [4.78, 5) is 0. The Kier molecular flexibility index (Phi) is 3.39. The lowest BCUT2D eigenvalue weighted by Gasteiger charge is -2.13. The molecular formula is C14H12NOP. The van der Waals surface area contributed by atoms with Crippen molar-refractivity contribution in [3.05, 3.63) is 66.5 Å². The van der Waals surface area contributed by atoms with Crippen molar-refractivity contribution in [3.63, 3.8) is 0 Å². The van der Waals surface area contributed by atoms with Crippen LogP contribution >= 0.6 is 7.14 Å². The van der Waals surface area contributed by atoms with Gasteiger partial charge in [0.25, 0.3) is 0 Å². The maximum absolute atomic E-state index is 13.0. The third-order valence-corrected chi connectivity index (χ3v) is 5.15. The van der Waals surface area contributed by atoms with Gasteiger partial charge in [-0.1, -0.05) is 60.7 Å². The van der Waals surface area contributed by atoms with Crippen molar-refractivity contribution < 1.29 is 4.57 Å². The minimum Gasteiger partial charge on any atom is -0.309 e. The van der Waals surface area contributed by atoms with E-state index in [-0.39, 0.29) is 0 Å². The van der Waals surface area contributed by atoms with E-state index in [1.54, 1.807) is 0 Å². The zero-order valence-electron chi connectivity index (χ0n) is 9.21. The second kappa shape index (κ2) is 4.97. The van der Waals surface area contributed by atoms with Crippen molar-refractivity contribution in [1.82, 2.24) is 0 Å². The van der Waals surface area contributed by atoms with Crippen molar-refractivity contribution in [2.45, 2.75) is 0 Å². The third-order valence-electron chi connectivity index (χ3n) is 2.53. The van der Waals surface area contributed by atoms with E-state index in [1.165, 1.54) is 5.82 Å². The van der Waals surface area contributed by atoms with Gasteiger partial charge in [0.2, 0.25) is 0 Å². The maximum atomic E-state index is 13.0. The fourth-order valence-corrected chi connectivity index (χ4v) is 3.70. The second-order valence-corrected chi connectivity index (χ2v) is 6.21. The molecule has 0 fully saturated rings. The number of nitrogens with one attached hydrogen (secondary N) is 1. The molecule has 2 aromatic carbocycles. The number of hydrogen-bond donors (Lipinski definition) is 1. The summed E-state index contributed by atoms with van der Waals surface area (Å²) in [6.07, 6.45) is 0. The molecular weight excluding hydrogens is 229 g/mol. The van der Waals surface area contributed by atoms with Gasteiger partial charge in [0.15, 0.2) is 7.14 Å². The first-order valence-corrected chi connectivity index (χ1v) is 7.02. The smallest absolute Gasteiger partial charge is 0.172 e. The first-order chi connectivity index (χ1) is 8.27. The predicted octanol–water partition coefficient (Wildman–Crippen LogP) is 2.76. The highest BCUT2D eigenvalue weighted by atomic mass is 31.2. The van der Waals surface area contributed by atoms with Crippen LogP contribution in [0.2, 0.25) is 0 Å². The Labute approximate surface area is 101 Å². The van der Waals surface area contributed by atoms with Gasteiger partial charge in [-0.25, -0.2) is 0 Å². The summed E-state index contributed by atoms with van der Waals surface area (Å²) in [5, 5.41) is 8.53. The monoisotopic (exact) mass is 241 g/mol. The Bertz CT molecular complexity index is 543. The van der Waals surface area contributed by atoms with Gasteiger partial charge in [0.1, 0.15) is 0 Å². The molecule has 0 aliphatic heterocycles. The highest BCUT2D eigenvalue weighted by molar-refractivity contribution is 7.81. The lowest BCUT2D eigenvalue weighted by atomic mass is 10.4. The standard InChI is InChI=1S/C14H12NOP/c15-11-12-17(16,13-7-3-1-4-8-13)14-9-5-2-6-10-14/h1-10,12,15H. The maximum Gasteiger partial charge on any atom is 0.172 e. The quantitative estimate of drug-likeness (QED) is 0.651. The average molecular weight is 241 g/mol. The number of hydrogen-bond acceptors (Lipinski definition) is 2. The highest BCUT2D eigenvalue weighted by Gasteiger charge is 2.23. The van der Waals surface area contributed by atoms with Crippen LogP contribution in [0.3, 0.4) is 0 Å². The minimum atomic E-state index is -2.85. The van der Waals surface area contributed by atoms with E-state index in [9.17, 15) is 4.57 Å². The van der Waals surface area contributed by atoms with Gasteiger partial charge < -0.3 is 4.57 Å². The Morgan fingerprint density at radius 3 is 1.65 bits per heavy atom. The molecule has 2 rings (SSSR count). The molecule has 0 unspecified atom stereocenters. The number of benzene rings is 2. The zero-order chi connectivity index (χ0) is 12.1. The Morgan fingerprint density at radius 2 is 1.29 bits per heavy atom. The molecule has 1 N–H and O–H groups in total. The van der Waals surface area contributed by atoms with Crippen molar-refractivity contribution in [2.24, 2.45) is 0 Å². The lowest BCUT2D eigenvalue weighted by Crippen LogP contribution is -2.13. The van der Waals surface area contributed by atoms with Crippen LogP contribution in [0.25, 0.3) is 0 Å². The van der Waals surface area contributed by atoms with Gasteiger partial charge in [0, 0.05) is 16.4 Å². The first-order valence-electron chi connectivity index (χ1n) is 5.25. The molecule has 0 spiro atoms. The van der Waals surface area contributed by atoms with Crippen LogP contribution < -0.4 is 10.6 Å². The van der Waals surface area contributed by atoms with Gasteiger partial charge in [-0.05, 0) is 5.87 Å². The van der Waals surface area contributed by atoms with E-state index < -0.39 is 7.14 Å². The van der Waals surface area contributed by atoms with E-state index in [0.717, 1.165) is 10.6 Å². The molecule has 0 aromatic heterocycles. The minimum absolute atomic E-state index is 0.728. The van der Waals surface area contributed by atoms with Crippen molar-refractivity contribution in [3.8, 4) is 0 Å². The van der Waals surface area contributed by atoms with Crippen molar-refractivity contribution in [1.29, 1.82) is 5.41 Å². The molecule has 0 radical (unpaired) electrons. The lowest BCUT2D eigenvalue weighted by molar-refractivity contribution is 0.592. The SMILES string of the molecule is N=C=CP(=O)(c1ccccc1)c1ccccc1. The van der Waals surface area contributed by atoms with Crippen LogP contribution in [0.5, 0.6) is 0 Å². The Hall–Kier alpha value is -1.88. The zero-order valence-corrected chi connectivity index (χ0v) is 10.1. The van der Waals surface area contributed by atoms with Gasteiger partial charge >= 0.3 is 0 Å². The molecule has 3 heteroatoms. The molecule has 84 valence electrons. The normalized spacial score (nSPS) is 10.6. The largest absolute Gasteiger partial charge is 0.309 e. The average Bonchev–Trinajstić information content (AvgIpc) is 2.41. The molecule has 0 saturated carbocycles. The van der Waals surface area contributed by atoms with Crippen LogP contribution in [-0.4, -0.2) is 5.87 Å². The Balaban J connectivity index is 2.64. The molecule has 0 aliphatic rings. The molecule has 2 nitrogen and oxygen atoms in total. The molecule has 0 amide bonds. The van der Waals surface area contributed by atoms with Crippen LogP contribution in [0, 0.1) is 5.41 Å². The van der Waals surface area contributed by atoms with E-state index >= 15 is 0 Å². The topological polar surface area (TPSA) is 40.9 Å². The van der Waals surface area contributed by atoms with Crippen molar-refractivity contribution in [2.75, 3.05) is 0 Å². The molecule has 0 heterocycles. The number of rotatable bonds is 3. The molecule has 2 aromatic rings. The third kappa shape index (κ3) is 2.29. The van der Waals surface area contributed by atoms with Crippen molar-refractivity contribution >= 4 is 23.6 Å². The van der Waals surface area contributed by atoms with E-state index in [2.05, 4.69) is 5.87 Å². The first kappa shape index (κ1) is 11.6. The van der Waals surface area contributed by atoms with Gasteiger partial charge in [-0.2, -0.15) is 0 Å². The summed E-state index contributed by atoms with van der Waals surface area (Å²) in [6.45, 7) is 0. The van der Waals surface area contributed by atoms with E-state index in [4.69, 9.17) is 5.41 Å². The van der Waals surface area contributed by atoms with Crippen LogP contribution in [0.1, 0.15) is 0 Å². The summed E-state index contributed by atoms with van der Waals surface area (Å²) in [5.41, 5.74) is 0. The molecule has 0 bridgehead atoms. The summed E-state index contributed by atoms with van der Waals surface area (Å²) >= 11 is 0. The summed E-state index contributed by atoms with van der Waals surface area (Å²) in [6, 6.07) is 18.4. The molecule has 0 saturated heterocycles.